The fourth-order valence-electron chi connectivity index (χ4n) is 1.72. The summed E-state index contributed by atoms with van der Waals surface area (Å²) >= 11 is 0. The molecule has 1 aromatic rings. The van der Waals surface area contributed by atoms with Crippen LogP contribution in [0, 0.1) is 0 Å². The second kappa shape index (κ2) is 10.9. The first-order valence-electron chi connectivity index (χ1n) is 6.76. The molecule has 0 bridgehead atoms. The Morgan fingerprint density at radius 2 is 1.17 bits per heavy atom. The summed E-state index contributed by atoms with van der Waals surface area (Å²) in [5, 5.41) is 11.7. The SMILES string of the molecule is COCN(COC)c1nc(NCO)nc(N(COC)COC)n1. The standard InChI is InChI=1S/C12H24N6O5/c1-20-6-17(7-21-2)11-14-10(13-5-19)15-12(16-11)18(8-22-3)9-23-4/h19H,5-9H2,1-4H3,(H,13,14,15,16). The number of hydrogen-bond acceptors (Lipinski definition) is 11. The number of anilines is 3. The van der Waals surface area contributed by atoms with Crippen molar-refractivity contribution in [2.45, 2.75) is 0 Å². The Morgan fingerprint density at radius 1 is 0.783 bits per heavy atom. The Hall–Kier alpha value is -1.79. The molecule has 1 aromatic heterocycles. The van der Waals surface area contributed by atoms with E-state index in [1.54, 1.807) is 38.2 Å². The van der Waals surface area contributed by atoms with Gasteiger partial charge in [-0.1, -0.05) is 0 Å². The third-order valence-corrected chi connectivity index (χ3v) is 2.55. The number of ether oxygens (including phenoxy) is 4. The highest BCUT2D eigenvalue weighted by molar-refractivity contribution is 5.44. The lowest BCUT2D eigenvalue weighted by Crippen LogP contribution is -2.33. The topological polar surface area (TPSA) is 114 Å². The smallest absolute Gasteiger partial charge is 0.235 e. The predicted molar refractivity (Wildman–Crippen MR) is 83.0 cm³/mol. The number of methoxy groups -OCH3 is 4. The largest absolute Gasteiger partial charge is 0.376 e. The van der Waals surface area contributed by atoms with Crippen molar-refractivity contribution < 1.29 is 24.1 Å². The van der Waals surface area contributed by atoms with Crippen LogP contribution in [0.4, 0.5) is 17.8 Å². The fourth-order valence-corrected chi connectivity index (χ4v) is 1.72. The molecule has 0 radical (unpaired) electrons. The van der Waals surface area contributed by atoms with Gasteiger partial charge in [0.15, 0.2) is 0 Å². The highest BCUT2D eigenvalue weighted by atomic mass is 16.5. The Balaban J connectivity index is 3.17. The molecule has 0 aromatic carbocycles. The summed E-state index contributed by atoms with van der Waals surface area (Å²) in [6, 6.07) is 0. The molecule has 11 nitrogen and oxygen atoms in total. The molecule has 0 saturated heterocycles. The average Bonchev–Trinajstić information content (AvgIpc) is 2.54. The number of aliphatic hydroxyl groups is 1. The zero-order valence-electron chi connectivity index (χ0n) is 13.9. The lowest BCUT2D eigenvalue weighted by Gasteiger charge is -2.24. The van der Waals surface area contributed by atoms with Crippen LogP contribution in [0.5, 0.6) is 0 Å². The van der Waals surface area contributed by atoms with Crippen molar-refractivity contribution in [1.82, 2.24) is 15.0 Å². The molecule has 0 atom stereocenters. The van der Waals surface area contributed by atoms with Gasteiger partial charge in [0.1, 0.15) is 33.7 Å². The lowest BCUT2D eigenvalue weighted by atomic mass is 10.7. The van der Waals surface area contributed by atoms with Crippen molar-refractivity contribution in [2.24, 2.45) is 0 Å². The lowest BCUT2D eigenvalue weighted by molar-refractivity contribution is 0.136. The number of hydrogen-bond donors (Lipinski definition) is 2. The normalized spacial score (nSPS) is 10.7. The van der Waals surface area contributed by atoms with Gasteiger partial charge in [-0.25, -0.2) is 0 Å². The highest BCUT2D eigenvalue weighted by Crippen LogP contribution is 2.16. The maximum atomic E-state index is 9.05. The van der Waals surface area contributed by atoms with E-state index in [-0.39, 0.29) is 39.6 Å². The third-order valence-electron chi connectivity index (χ3n) is 2.55. The van der Waals surface area contributed by atoms with E-state index in [1.165, 1.54) is 0 Å². The van der Waals surface area contributed by atoms with E-state index >= 15 is 0 Å². The molecule has 1 heterocycles. The maximum absolute atomic E-state index is 9.05. The second-order valence-electron chi connectivity index (χ2n) is 4.34. The zero-order chi connectivity index (χ0) is 17.1. The summed E-state index contributed by atoms with van der Waals surface area (Å²) in [7, 11) is 6.22. The van der Waals surface area contributed by atoms with Gasteiger partial charge in [0, 0.05) is 28.4 Å². The predicted octanol–water partition coefficient (Wildman–Crippen LogP) is -0.738. The van der Waals surface area contributed by atoms with Crippen LogP contribution in [0.15, 0.2) is 0 Å². The van der Waals surface area contributed by atoms with Crippen LogP contribution in [0.1, 0.15) is 0 Å². The van der Waals surface area contributed by atoms with Crippen LogP contribution in [-0.4, -0.2) is 82.2 Å². The second-order valence-corrected chi connectivity index (χ2v) is 4.34. The number of nitrogens with one attached hydrogen (secondary N) is 1. The molecule has 0 aliphatic heterocycles. The highest BCUT2D eigenvalue weighted by Gasteiger charge is 2.17. The number of nitrogens with zero attached hydrogens (tertiary/aromatic N) is 5. The van der Waals surface area contributed by atoms with E-state index in [2.05, 4.69) is 20.3 Å². The van der Waals surface area contributed by atoms with Crippen molar-refractivity contribution in [3.8, 4) is 0 Å². The fraction of sp³-hybridized carbons (Fsp3) is 0.750. The summed E-state index contributed by atoms with van der Waals surface area (Å²) < 4.78 is 20.5. The first kappa shape index (κ1) is 19.3. The van der Waals surface area contributed by atoms with E-state index in [0.717, 1.165) is 0 Å². The van der Waals surface area contributed by atoms with Gasteiger partial charge < -0.3 is 29.4 Å². The van der Waals surface area contributed by atoms with Crippen LogP contribution >= 0.6 is 0 Å². The summed E-state index contributed by atoms with van der Waals surface area (Å²) in [4.78, 5) is 16.2. The molecule has 0 fully saturated rings. The molecule has 0 saturated carbocycles. The molecular formula is C12H24N6O5. The summed E-state index contributed by atoms with van der Waals surface area (Å²) in [6.45, 7) is 0.593. The van der Waals surface area contributed by atoms with E-state index in [4.69, 9.17) is 24.1 Å². The molecule has 0 amide bonds. The van der Waals surface area contributed by atoms with Crippen molar-refractivity contribution in [1.29, 1.82) is 0 Å². The van der Waals surface area contributed by atoms with Crippen LogP contribution in [-0.2, 0) is 18.9 Å². The molecule has 0 aliphatic carbocycles. The molecule has 1 rings (SSSR count). The molecule has 0 aliphatic rings. The van der Waals surface area contributed by atoms with E-state index in [0.29, 0.717) is 11.9 Å². The van der Waals surface area contributed by atoms with Gasteiger partial charge in [-0.2, -0.15) is 15.0 Å². The van der Waals surface area contributed by atoms with Crippen molar-refractivity contribution in [2.75, 3.05) is 77.2 Å². The van der Waals surface area contributed by atoms with E-state index in [9.17, 15) is 0 Å². The molecule has 2 N–H and O–H groups in total. The van der Waals surface area contributed by atoms with Crippen molar-refractivity contribution in [3.63, 3.8) is 0 Å². The van der Waals surface area contributed by atoms with Gasteiger partial charge in [-0.15, -0.1) is 0 Å². The minimum Gasteiger partial charge on any atom is -0.376 e. The average molecular weight is 332 g/mol. The monoisotopic (exact) mass is 332 g/mol. The molecular weight excluding hydrogens is 308 g/mol. The van der Waals surface area contributed by atoms with Crippen LogP contribution in [0.3, 0.4) is 0 Å². The third kappa shape index (κ3) is 6.08. The summed E-state index contributed by atoms with van der Waals surface area (Å²) in [5.74, 6) is 0.862. The number of rotatable bonds is 12. The van der Waals surface area contributed by atoms with Gasteiger partial charge in [0.2, 0.25) is 17.8 Å². The Kier molecular flexibility index (Phi) is 9.09. The molecule has 0 spiro atoms. The van der Waals surface area contributed by atoms with Crippen LogP contribution in [0.25, 0.3) is 0 Å². The summed E-state index contributed by atoms with van der Waals surface area (Å²) in [6.07, 6.45) is 0. The first-order valence-corrected chi connectivity index (χ1v) is 6.76. The Morgan fingerprint density at radius 3 is 1.48 bits per heavy atom. The van der Waals surface area contributed by atoms with Gasteiger partial charge in [0.25, 0.3) is 0 Å². The molecule has 132 valence electrons. The van der Waals surface area contributed by atoms with Gasteiger partial charge in [-0.05, 0) is 0 Å². The Bertz CT molecular complexity index is 406. The minimum absolute atomic E-state index is 0.210. The van der Waals surface area contributed by atoms with Crippen LogP contribution < -0.4 is 15.1 Å². The van der Waals surface area contributed by atoms with Crippen LogP contribution in [0.2, 0.25) is 0 Å². The van der Waals surface area contributed by atoms with Gasteiger partial charge in [0.05, 0.1) is 0 Å². The number of aliphatic hydroxyl groups excluding tert-OH is 1. The minimum atomic E-state index is -0.313. The Labute approximate surface area is 135 Å². The van der Waals surface area contributed by atoms with Crippen molar-refractivity contribution >= 4 is 17.8 Å². The van der Waals surface area contributed by atoms with Gasteiger partial charge >= 0.3 is 0 Å². The maximum Gasteiger partial charge on any atom is 0.235 e. The molecule has 11 heteroatoms. The van der Waals surface area contributed by atoms with Gasteiger partial charge in [-0.3, -0.25) is 9.80 Å². The molecule has 23 heavy (non-hydrogen) atoms. The van der Waals surface area contributed by atoms with Crippen molar-refractivity contribution in [3.05, 3.63) is 0 Å². The quantitative estimate of drug-likeness (QED) is 0.472. The first-order chi connectivity index (χ1) is 11.2. The van der Waals surface area contributed by atoms with E-state index < -0.39 is 0 Å². The molecule has 0 unspecified atom stereocenters. The summed E-state index contributed by atoms with van der Waals surface area (Å²) in [5.41, 5.74) is 0. The number of aromatic nitrogens is 3. The zero-order valence-corrected chi connectivity index (χ0v) is 13.9. The van der Waals surface area contributed by atoms with E-state index in [1.807, 2.05) is 0 Å².